The lowest BCUT2D eigenvalue weighted by atomic mass is 10.1. The van der Waals surface area contributed by atoms with Crippen LogP contribution in [0.25, 0.3) is 0 Å². The first-order valence-electron chi connectivity index (χ1n) is 5.08. The van der Waals surface area contributed by atoms with Gasteiger partial charge in [0.05, 0.1) is 2.74 Å². The number of carboxylic acids is 1. The lowest BCUT2D eigenvalue weighted by molar-refractivity contribution is -0.138. The van der Waals surface area contributed by atoms with E-state index in [1.807, 2.05) is 0 Å². The van der Waals surface area contributed by atoms with E-state index in [1.54, 1.807) is 0 Å². The van der Waals surface area contributed by atoms with Crippen molar-refractivity contribution < 1.29 is 19.1 Å². The van der Waals surface area contributed by atoms with Crippen LogP contribution in [-0.2, 0) is 11.2 Å². The smallest absolute Gasteiger partial charge is 0.320 e. The van der Waals surface area contributed by atoms with Crippen LogP contribution in [0.15, 0.2) is 24.2 Å². The molecular formula is C9H11NO3. The van der Waals surface area contributed by atoms with E-state index in [0.29, 0.717) is 0 Å². The molecule has 0 spiro atoms. The van der Waals surface area contributed by atoms with Gasteiger partial charge >= 0.3 is 5.97 Å². The normalized spacial score (nSPS) is 20.5. The Bertz CT molecular complexity index is 422. The Labute approximate surface area is 79.8 Å². The van der Waals surface area contributed by atoms with Crippen molar-refractivity contribution in [3.8, 4) is 5.75 Å². The molecule has 4 nitrogen and oxygen atoms in total. The number of aliphatic carboxylic acids is 1. The highest BCUT2D eigenvalue weighted by Gasteiger charge is 2.11. The maximum absolute atomic E-state index is 10.7. The average Bonchev–Trinajstić information content (AvgIpc) is 2.20. The predicted molar refractivity (Wildman–Crippen MR) is 47.4 cm³/mol. The summed E-state index contributed by atoms with van der Waals surface area (Å²) in [5, 5.41) is 17.9. The molecule has 0 fully saturated rings. The molecule has 0 aliphatic heterocycles. The van der Waals surface area contributed by atoms with Gasteiger partial charge in [-0.25, -0.2) is 0 Å². The van der Waals surface area contributed by atoms with Gasteiger partial charge < -0.3 is 15.9 Å². The topological polar surface area (TPSA) is 83.6 Å². The van der Waals surface area contributed by atoms with E-state index in [1.165, 1.54) is 12.1 Å². The molecule has 1 aromatic rings. The second-order valence-electron chi connectivity index (χ2n) is 2.41. The Balaban J connectivity index is 3.10. The summed E-state index contributed by atoms with van der Waals surface area (Å²) in [5.41, 5.74) is 5.25. The van der Waals surface area contributed by atoms with Crippen LogP contribution in [0, 0.1) is 0 Å². The summed E-state index contributed by atoms with van der Waals surface area (Å²) >= 11 is 0. The minimum Gasteiger partial charge on any atom is -0.508 e. The van der Waals surface area contributed by atoms with Gasteiger partial charge in [-0.15, -0.1) is 0 Å². The fourth-order valence-electron chi connectivity index (χ4n) is 0.802. The number of benzene rings is 1. The third-order valence-electron chi connectivity index (χ3n) is 1.38. The molecule has 0 aliphatic carbocycles. The Morgan fingerprint density at radius 2 is 2.62 bits per heavy atom. The van der Waals surface area contributed by atoms with Gasteiger partial charge in [0, 0.05) is 1.37 Å². The molecule has 1 unspecified atom stereocenters. The molecule has 0 bridgehead atoms. The number of carboxylic acid groups (broad SMARTS) is 1. The summed E-state index contributed by atoms with van der Waals surface area (Å²) in [6.45, 7) is 0. The molecule has 0 saturated heterocycles. The third-order valence-corrected chi connectivity index (χ3v) is 1.38. The third kappa shape index (κ3) is 2.76. The van der Waals surface area contributed by atoms with E-state index in [-0.39, 0.29) is 17.4 Å². The molecule has 1 rings (SSSR count). The van der Waals surface area contributed by atoms with Gasteiger partial charge in [-0.05, 0) is 24.1 Å². The van der Waals surface area contributed by atoms with Crippen molar-refractivity contribution in [2.45, 2.75) is 12.4 Å². The zero-order chi connectivity index (χ0) is 12.5. The number of carbonyl (C=O) groups is 1. The van der Waals surface area contributed by atoms with Crippen LogP contribution in [-0.4, -0.2) is 22.2 Å². The van der Waals surface area contributed by atoms with Crippen molar-refractivity contribution in [1.82, 2.24) is 0 Å². The molecule has 4 N–H and O–H groups in total. The molecule has 0 heterocycles. The molecule has 1 aromatic carbocycles. The first kappa shape index (κ1) is 5.99. The van der Waals surface area contributed by atoms with Crippen LogP contribution in [0.1, 0.15) is 9.68 Å². The lowest BCUT2D eigenvalue weighted by Gasteiger charge is -2.05. The number of rotatable bonds is 3. The Morgan fingerprint density at radius 3 is 3.15 bits per heavy atom. The largest absolute Gasteiger partial charge is 0.508 e. The summed E-state index contributed by atoms with van der Waals surface area (Å²) in [4.78, 5) is 10.7. The van der Waals surface area contributed by atoms with Crippen LogP contribution >= 0.6 is 0 Å². The minimum absolute atomic E-state index is 0.0772. The summed E-state index contributed by atoms with van der Waals surface area (Å²) in [6.07, 6.45) is -1.54. The van der Waals surface area contributed by atoms with E-state index in [2.05, 4.69) is 0 Å². The van der Waals surface area contributed by atoms with Gasteiger partial charge in [0.25, 0.3) is 0 Å². The highest BCUT2D eigenvalue weighted by atomic mass is 16.4. The molecule has 4 heteroatoms. The minimum atomic E-state index is -2.49. The van der Waals surface area contributed by atoms with Gasteiger partial charge in [0.2, 0.25) is 0 Å². The van der Waals surface area contributed by atoms with Gasteiger partial charge in [0.1, 0.15) is 11.8 Å². The quantitative estimate of drug-likeness (QED) is 0.632. The number of aromatic hydroxyl groups is 1. The zero-order valence-electron chi connectivity index (χ0n) is 9.69. The summed E-state index contributed by atoms with van der Waals surface area (Å²) in [6, 6.07) is 0.941. The number of phenols is 1. The predicted octanol–water partition coefficient (Wildman–Crippen LogP) is 0.347. The lowest BCUT2D eigenvalue weighted by Crippen LogP contribution is -2.32. The number of phenolic OH excluding ortho intramolecular Hbond substituents is 1. The first-order chi connectivity index (χ1) is 7.26. The van der Waals surface area contributed by atoms with Crippen LogP contribution in [0.3, 0.4) is 0 Å². The number of hydrogen-bond acceptors (Lipinski definition) is 3. The molecule has 0 aliphatic rings. The molecule has 0 saturated carbocycles. The Hall–Kier alpha value is -1.55. The second-order valence-corrected chi connectivity index (χ2v) is 2.41. The number of nitrogens with two attached hydrogens (primary N) is 1. The monoisotopic (exact) mass is 184 g/mol. The van der Waals surface area contributed by atoms with E-state index in [0.717, 1.165) is 6.07 Å². The summed E-state index contributed by atoms with van der Waals surface area (Å²) in [5.74, 6) is -2.00. The van der Waals surface area contributed by atoms with Crippen molar-refractivity contribution in [2.24, 2.45) is 5.73 Å². The van der Waals surface area contributed by atoms with Crippen molar-refractivity contribution in [2.75, 3.05) is 0 Å². The SMILES string of the molecule is [2H]c1ccc(C([2H])[C@@]([2H])(N)C(=O)O)cc1O. The van der Waals surface area contributed by atoms with Gasteiger partial charge in [-0.1, -0.05) is 12.1 Å². The second kappa shape index (κ2) is 3.91. The molecule has 0 radical (unpaired) electrons. The standard InChI is InChI=1S/C9H11NO3/c10-8(9(12)13)5-6-2-1-3-7(11)4-6/h1-4,8,11H,5,10H2,(H,12,13)/t8-/m1/s1/i3D,5D,8D/t5?,8-. The van der Waals surface area contributed by atoms with Crippen LogP contribution in [0.5, 0.6) is 5.75 Å². The highest BCUT2D eigenvalue weighted by Crippen LogP contribution is 2.11. The van der Waals surface area contributed by atoms with E-state index < -0.39 is 18.4 Å². The van der Waals surface area contributed by atoms with Gasteiger partial charge in [0.15, 0.2) is 0 Å². The van der Waals surface area contributed by atoms with Crippen LogP contribution in [0.4, 0.5) is 0 Å². The summed E-state index contributed by atoms with van der Waals surface area (Å²) in [7, 11) is 0. The van der Waals surface area contributed by atoms with Crippen molar-refractivity contribution in [3.63, 3.8) is 0 Å². The van der Waals surface area contributed by atoms with Crippen LogP contribution in [0.2, 0.25) is 0 Å². The Kier molecular flexibility index (Phi) is 1.80. The van der Waals surface area contributed by atoms with Crippen LogP contribution < -0.4 is 5.73 Å². The highest BCUT2D eigenvalue weighted by molar-refractivity contribution is 5.73. The maximum atomic E-state index is 10.7. The van der Waals surface area contributed by atoms with Crippen molar-refractivity contribution >= 4 is 5.97 Å². The fourth-order valence-corrected chi connectivity index (χ4v) is 0.802. The van der Waals surface area contributed by atoms with Gasteiger partial charge in [-0.3, -0.25) is 4.79 Å². The van der Waals surface area contributed by atoms with Crippen molar-refractivity contribution in [3.05, 3.63) is 29.8 Å². The van der Waals surface area contributed by atoms with Gasteiger partial charge in [-0.2, -0.15) is 0 Å². The average molecular weight is 184 g/mol. The van der Waals surface area contributed by atoms with E-state index in [9.17, 15) is 9.90 Å². The summed E-state index contributed by atoms with van der Waals surface area (Å²) < 4.78 is 22.1. The number of hydrogen-bond donors (Lipinski definition) is 3. The molecular weight excluding hydrogens is 170 g/mol. The molecule has 0 aromatic heterocycles. The van der Waals surface area contributed by atoms with Crippen molar-refractivity contribution in [1.29, 1.82) is 0 Å². The van der Waals surface area contributed by atoms with E-state index >= 15 is 0 Å². The molecule has 0 amide bonds. The fraction of sp³-hybridized carbons (Fsp3) is 0.222. The zero-order valence-corrected chi connectivity index (χ0v) is 6.69. The molecule has 70 valence electrons. The first-order valence-corrected chi connectivity index (χ1v) is 3.51. The Morgan fingerprint density at radius 1 is 1.92 bits per heavy atom. The maximum Gasteiger partial charge on any atom is 0.320 e. The molecule has 2 atom stereocenters. The van der Waals surface area contributed by atoms with E-state index in [4.69, 9.17) is 15.0 Å². The molecule has 13 heavy (non-hydrogen) atoms.